The van der Waals surface area contributed by atoms with Gasteiger partial charge in [-0.1, -0.05) is 37.6 Å². The predicted molar refractivity (Wildman–Crippen MR) is 153 cm³/mol. The number of nitrogens with zero attached hydrogens (tertiary/aromatic N) is 1. The van der Waals surface area contributed by atoms with Gasteiger partial charge in [0.05, 0.1) is 19.8 Å². The molecule has 3 rings (SSSR count). The number of ketones is 1. The van der Waals surface area contributed by atoms with Gasteiger partial charge >= 0.3 is 0 Å². The number of amides is 1. The average Bonchev–Trinajstić information content (AvgIpc) is 3.45. The molecule has 0 bridgehead atoms. The number of ether oxygens (including phenoxy) is 2. The second kappa shape index (κ2) is 16.7. The van der Waals surface area contributed by atoms with Crippen LogP contribution in [0.1, 0.15) is 74.2 Å². The molecule has 1 N–H and O–H groups in total. The van der Waals surface area contributed by atoms with Gasteiger partial charge in [-0.25, -0.2) is 0 Å². The lowest BCUT2D eigenvalue weighted by Crippen LogP contribution is -2.41. The number of nitrogens with one attached hydrogen (secondary N) is 1. The van der Waals surface area contributed by atoms with E-state index in [0.717, 1.165) is 57.0 Å². The van der Waals surface area contributed by atoms with Crippen molar-refractivity contribution in [3.8, 4) is 11.5 Å². The van der Waals surface area contributed by atoms with E-state index < -0.39 is 0 Å². The first-order chi connectivity index (χ1) is 18.6. The van der Waals surface area contributed by atoms with Crippen molar-refractivity contribution < 1.29 is 19.1 Å². The number of hydrogen-bond acceptors (Lipinski definition) is 5. The number of benzene rings is 2. The number of methoxy groups -OCH3 is 1. The minimum Gasteiger partial charge on any atom is -0.497 e. The highest BCUT2D eigenvalue weighted by Gasteiger charge is 2.17. The zero-order chi connectivity index (χ0) is 27.0. The van der Waals surface area contributed by atoms with Gasteiger partial charge in [-0.3, -0.25) is 9.59 Å². The number of allylic oxidation sites excluding steroid dienone is 1. The Morgan fingerprint density at radius 1 is 0.947 bits per heavy atom. The number of carbonyl (C=O) groups excluding carboxylic acids is 2. The van der Waals surface area contributed by atoms with E-state index in [-0.39, 0.29) is 17.7 Å². The van der Waals surface area contributed by atoms with Crippen LogP contribution in [0, 0.1) is 0 Å². The minimum absolute atomic E-state index is 0.0156. The van der Waals surface area contributed by atoms with Crippen LogP contribution in [0.3, 0.4) is 0 Å². The molecular weight excluding hydrogens is 476 g/mol. The molecule has 0 radical (unpaired) electrons. The van der Waals surface area contributed by atoms with Gasteiger partial charge in [-0.15, -0.1) is 0 Å². The summed E-state index contributed by atoms with van der Waals surface area (Å²) in [6.45, 7) is 5.93. The van der Waals surface area contributed by atoms with Crippen molar-refractivity contribution in [3.05, 3.63) is 71.8 Å². The molecule has 206 valence electrons. The summed E-state index contributed by atoms with van der Waals surface area (Å²) < 4.78 is 10.9. The monoisotopic (exact) mass is 520 g/mol. The molecule has 0 saturated carbocycles. The van der Waals surface area contributed by atoms with Crippen molar-refractivity contribution in [2.45, 2.75) is 70.8 Å². The van der Waals surface area contributed by atoms with Crippen LogP contribution in [0.2, 0.25) is 0 Å². The van der Waals surface area contributed by atoms with E-state index in [2.05, 4.69) is 41.4 Å². The van der Waals surface area contributed by atoms with Gasteiger partial charge in [-0.2, -0.15) is 0 Å². The second-order valence-corrected chi connectivity index (χ2v) is 10.0. The third kappa shape index (κ3) is 10.7. The lowest BCUT2D eigenvalue weighted by molar-refractivity contribution is -0.121. The van der Waals surface area contributed by atoms with Gasteiger partial charge in [0.25, 0.3) is 0 Å². The fraction of sp³-hybridized carbons (Fsp3) is 0.500. The molecule has 0 aromatic heterocycles. The highest BCUT2D eigenvalue weighted by Crippen LogP contribution is 2.16. The zero-order valence-corrected chi connectivity index (χ0v) is 23.1. The molecule has 2 aromatic carbocycles. The average molecular weight is 521 g/mol. The second-order valence-electron chi connectivity index (χ2n) is 10.0. The lowest BCUT2D eigenvalue weighted by Gasteiger charge is -2.22. The molecule has 1 fully saturated rings. The molecule has 1 amide bonds. The molecule has 1 aliphatic heterocycles. The summed E-state index contributed by atoms with van der Waals surface area (Å²) >= 11 is 0. The van der Waals surface area contributed by atoms with Crippen molar-refractivity contribution in [2.24, 2.45) is 0 Å². The molecule has 6 heteroatoms. The van der Waals surface area contributed by atoms with Crippen LogP contribution in [0.15, 0.2) is 60.7 Å². The first-order valence-corrected chi connectivity index (χ1v) is 14.1. The summed E-state index contributed by atoms with van der Waals surface area (Å²) in [5, 5.41) is 3.21. The van der Waals surface area contributed by atoms with Crippen LogP contribution in [-0.4, -0.2) is 56.0 Å². The number of unbranched alkanes of at least 4 members (excludes halogenated alkanes) is 2. The molecular formula is C32H44N2O4. The van der Waals surface area contributed by atoms with Crippen molar-refractivity contribution in [1.29, 1.82) is 0 Å². The van der Waals surface area contributed by atoms with E-state index in [1.807, 2.05) is 12.1 Å². The molecule has 2 aromatic rings. The molecule has 0 spiro atoms. The highest BCUT2D eigenvalue weighted by atomic mass is 16.5. The molecule has 1 unspecified atom stereocenters. The zero-order valence-electron chi connectivity index (χ0n) is 23.1. The minimum atomic E-state index is -0.0156. The predicted octanol–water partition coefficient (Wildman–Crippen LogP) is 6.00. The van der Waals surface area contributed by atoms with E-state index in [9.17, 15) is 9.59 Å². The Kier molecular flexibility index (Phi) is 12.9. The largest absolute Gasteiger partial charge is 0.497 e. The van der Waals surface area contributed by atoms with E-state index in [0.29, 0.717) is 31.2 Å². The summed E-state index contributed by atoms with van der Waals surface area (Å²) in [5.74, 6) is 1.80. The maximum Gasteiger partial charge on any atom is 0.220 e. The van der Waals surface area contributed by atoms with E-state index in [1.54, 1.807) is 31.4 Å². The maximum absolute atomic E-state index is 12.7. The fourth-order valence-electron chi connectivity index (χ4n) is 4.59. The van der Waals surface area contributed by atoms with Crippen LogP contribution in [0.25, 0.3) is 0 Å². The Balaban J connectivity index is 1.43. The Morgan fingerprint density at radius 2 is 1.63 bits per heavy atom. The maximum atomic E-state index is 12.7. The van der Waals surface area contributed by atoms with Crippen molar-refractivity contribution >= 4 is 11.7 Å². The Bertz CT molecular complexity index is 995. The van der Waals surface area contributed by atoms with E-state index in [4.69, 9.17) is 9.47 Å². The van der Waals surface area contributed by atoms with Gasteiger partial charge in [0.2, 0.25) is 5.91 Å². The number of carbonyl (C=O) groups is 2. The SMILES string of the molecule is CCCCOc1ccc(CC=CC(CN2CCCC2)NC(=O)CCCCC(=O)c2ccc(OC)cc2)cc1. The van der Waals surface area contributed by atoms with Crippen LogP contribution in [-0.2, 0) is 11.2 Å². The molecule has 1 heterocycles. The summed E-state index contributed by atoms with van der Waals surface area (Å²) in [6.07, 6.45) is 12.0. The first kappa shape index (κ1) is 29.4. The number of Topliss-reactive ketones (excluding diaryl/α,β-unsaturated/α-hetero) is 1. The summed E-state index contributed by atoms with van der Waals surface area (Å²) in [4.78, 5) is 27.5. The number of likely N-dealkylation sites (tertiary alicyclic amines) is 1. The van der Waals surface area contributed by atoms with E-state index in [1.165, 1.54) is 18.4 Å². The summed E-state index contributed by atoms with van der Waals surface area (Å²) in [7, 11) is 1.61. The normalized spacial score (nSPS) is 14.5. The van der Waals surface area contributed by atoms with E-state index >= 15 is 0 Å². The Labute approximate surface area is 228 Å². The highest BCUT2D eigenvalue weighted by molar-refractivity contribution is 5.96. The molecule has 38 heavy (non-hydrogen) atoms. The molecule has 1 aliphatic rings. The molecule has 0 aliphatic carbocycles. The summed E-state index contributed by atoms with van der Waals surface area (Å²) in [5.41, 5.74) is 1.90. The van der Waals surface area contributed by atoms with Crippen LogP contribution >= 0.6 is 0 Å². The summed E-state index contributed by atoms with van der Waals surface area (Å²) in [6, 6.07) is 15.4. The fourth-order valence-corrected chi connectivity index (χ4v) is 4.59. The van der Waals surface area contributed by atoms with Gasteiger partial charge < -0.3 is 19.7 Å². The first-order valence-electron chi connectivity index (χ1n) is 14.1. The third-order valence-electron chi connectivity index (χ3n) is 6.88. The van der Waals surface area contributed by atoms with Gasteiger partial charge in [0.15, 0.2) is 5.78 Å². The van der Waals surface area contributed by atoms with Crippen molar-refractivity contribution in [1.82, 2.24) is 10.2 Å². The van der Waals surface area contributed by atoms with Gasteiger partial charge in [0.1, 0.15) is 11.5 Å². The van der Waals surface area contributed by atoms with Crippen molar-refractivity contribution in [3.63, 3.8) is 0 Å². The van der Waals surface area contributed by atoms with Gasteiger partial charge in [0, 0.05) is 24.9 Å². The van der Waals surface area contributed by atoms with Gasteiger partial charge in [-0.05, 0) is 93.6 Å². The van der Waals surface area contributed by atoms with Crippen LogP contribution in [0.4, 0.5) is 0 Å². The van der Waals surface area contributed by atoms with Crippen molar-refractivity contribution in [2.75, 3.05) is 33.4 Å². The molecule has 1 atom stereocenters. The van der Waals surface area contributed by atoms with Crippen LogP contribution in [0.5, 0.6) is 11.5 Å². The third-order valence-corrected chi connectivity index (χ3v) is 6.88. The molecule has 6 nitrogen and oxygen atoms in total. The standard InChI is InChI=1S/C32H44N2O4/c1-3-4-24-38-30-18-14-26(15-19-30)10-9-11-28(25-34-22-7-8-23-34)33-32(36)13-6-5-12-31(35)27-16-20-29(37-2)21-17-27/h9,11,14-21,28H,3-8,10,12-13,22-25H2,1-2H3,(H,33,36). The number of rotatable bonds is 17. The Hall–Kier alpha value is -3.12. The number of hydrogen-bond donors (Lipinski definition) is 1. The quantitative estimate of drug-likeness (QED) is 0.157. The smallest absolute Gasteiger partial charge is 0.220 e. The Morgan fingerprint density at radius 3 is 2.32 bits per heavy atom. The molecule has 1 saturated heterocycles. The van der Waals surface area contributed by atoms with Crippen LogP contribution < -0.4 is 14.8 Å². The lowest BCUT2D eigenvalue weighted by atomic mass is 10.0. The topological polar surface area (TPSA) is 67.9 Å².